The van der Waals surface area contributed by atoms with Crippen LogP contribution in [-0.2, 0) is 4.74 Å². The second kappa shape index (κ2) is 6.51. The maximum absolute atomic E-state index is 6.07. The zero-order valence-electron chi connectivity index (χ0n) is 14.9. The van der Waals surface area contributed by atoms with Crippen molar-refractivity contribution in [1.82, 2.24) is 19.9 Å². The molecule has 1 aliphatic rings. The van der Waals surface area contributed by atoms with Gasteiger partial charge in [-0.3, -0.25) is 0 Å². The molecule has 0 aliphatic carbocycles. The number of morpholine rings is 1. The van der Waals surface area contributed by atoms with Crippen molar-refractivity contribution >= 4 is 27.8 Å². The Balaban J connectivity index is 1.45. The minimum absolute atomic E-state index is 0.0156. The molecule has 2 aromatic heterocycles. The molecule has 1 fully saturated rings. The highest BCUT2D eigenvalue weighted by Crippen LogP contribution is 2.30. The summed E-state index contributed by atoms with van der Waals surface area (Å²) >= 11 is 0. The highest BCUT2D eigenvalue weighted by Gasteiger charge is 2.25. The zero-order valence-corrected chi connectivity index (χ0v) is 14.9. The largest absolute Gasteiger partial charge is 0.497 e. The lowest BCUT2D eigenvalue weighted by molar-refractivity contribution is 0.0397. The van der Waals surface area contributed by atoms with Gasteiger partial charge in [0.25, 0.3) is 0 Å². The number of H-pyrrole nitrogens is 1. The van der Waals surface area contributed by atoms with Gasteiger partial charge in [-0.2, -0.15) is 0 Å². The first-order valence-corrected chi connectivity index (χ1v) is 8.90. The van der Waals surface area contributed by atoms with Crippen LogP contribution in [0.3, 0.4) is 0 Å². The number of fused-ring (bicyclic) bond motifs is 2. The number of rotatable bonds is 3. The second-order valence-electron chi connectivity index (χ2n) is 6.58. The Hall–Kier alpha value is -3.19. The predicted molar refractivity (Wildman–Crippen MR) is 103 cm³/mol. The molecule has 7 heteroatoms. The van der Waals surface area contributed by atoms with Crippen molar-refractivity contribution < 1.29 is 9.47 Å². The summed E-state index contributed by atoms with van der Waals surface area (Å²) in [4.78, 5) is 18.3. The van der Waals surface area contributed by atoms with E-state index in [1.807, 2.05) is 12.1 Å². The molecule has 27 heavy (non-hydrogen) atoms. The molecule has 0 spiro atoms. The highest BCUT2D eigenvalue weighted by atomic mass is 16.5. The third-order valence-corrected chi connectivity index (χ3v) is 5.01. The van der Waals surface area contributed by atoms with E-state index in [4.69, 9.17) is 9.47 Å². The quantitative estimate of drug-likeness (QED) is 0.604. The Labute approximate surface area is 156 Å². The number of benzene rings is 2. The normalized spacial score (nSPS) is 17.5. The van der Waals surface area contributed by atoms with Crippen molar-refractivity contribution in [2.24, 2.45) is 0 Å². The summed E-state index contributed by atoms with van der Waals surface area (Å²) in [5.41, 5.74) is 2.71. The number of anilines is 1. The van der Waals surface area contributed by atoms with Crippen molar-refractivity contribution in [1.29, 1.82) is 0 Å². The second-order valence-corrected chi connectivity index (χ2v) is 6.58. The van der Waals surface area contributed by atoms with Crippen molar-refractivity contribution in [3.8, 4) is 5.75 Å². The van der Waals surface area contributed by atoms with Crippen LogP contribution in [0.15, 0.2) is 49.1 Å². The molecule has 1 saturated heterocycles. The molecule has 0 unspecified atom stereocenters. The van der Waals surface area contributed by atoms with E-state index in [2.05, 4.69) is 49.1 Å². The van der Waals surface area contributed by atoms with Gasteiger partial charge < -0.3 is 19.4 Å². The first-order chi connectivity index (χ1) is 13.3. The van der Waals surface area contributed by atoms with Gasteiger partial charge in [-0.05, 0) is 34.5 Å². The van der Waals surface area contributed by atoms with Crippen LogP contribution in [0, 0.1) is 0 Å². The van der Waals surface area contributed by atoms with E-state index in [0.717, 1.165) is 41.1 Å². The van der Waals surface area contributed by atoms with Gasteiger partial charge in [0.05, 0.1) is 20.0 Å². The van der Waals surface area contributed by atoms with E-state index in [0.29, 0.717) is 12.3 Å². The number of nitrogens with one attached hydrogen (secondary N) is 1. The van der Waals surface area contributed by atoms with Crippen molar-refractivity contribution in [2.45, 2.75) is 6.10 Å². The molecule has 1 aliphatic heterocycles. The third kappa shape index (κ3) is 2.86. The number of methoxy groups -OCH3 is 1. The van der Waals surface area contributed by atoms with Crippen LogP contribution in [0.25, 0.3) is 21.9 Å². The zero-order chi connectivity index (χ0) is 18.2. The number of aromatic amines is 1. The van der Waals surface area contributed by atoms with E-state index in [1.165, 1.54) is 5.39 Å². The first-order valence-electron chi connectivity index (χ1n) is 8.90. The minimum Gasteiger partial charge on any atom is -0.497 e. The smallest absolute Gasteiger partial charge is 0.182 e. The third-order valence-electron chi connectivity index (χ3n) is 5.01. The summed E-state index contributed by atoms with van der Waals surface area (Å²) in [5, 5.41) is 2.33. The summed E-state index contributed by atoms with van der Waals surface area (Å²) in [7, 11) is 1.68. The molecule has 7 nitrogen and oxygen atoms in total. The van der Waals surface area contributed by atoms with E-state index < -0.39 is 0 Å². The Kier molecular flexibility index (Phi) is 3.86. The van der Waals surface area contributed by atoms with E-state index in [9.17, 15) is 0 Å². The number of aromatic nitrogens is 4. The van der Waals surface area contributed by atoms with E-state index >= 15 is 0 Å². The van der Waals surface area contributed by atoms with Crippen LogP contribution >= 0.6 is 0 Å². The van der Waals surface area contributed by atoms with Gasteiger partial charge in [0.15, 0.2) is 11.5 Å². The van der Waals surface area contributed by atoms with Crippen LogP contribution in [0.1, 0.15) is 11.7 Å². The lowest BCUT2D eigenvalue weighted by atomic mass is 10.0. The van der Waals surface area contributed by atoms with Gasteiger partial charge in [-0.25, -0.2) is 15.0 Å². The number of imidazole rings is 1. The minimum atomic E-state index is -0.0156. The number of nitrogens with zero attached hydrogens (tertiary/aromatic N) is 4. The van der Waals surface area contributed by atoms with Gasteiger partial charge in [0, 0.05) is 13.1 Å². The van der Waals surface area contributed by atoms with Crippen molar-refractivity contribution in [3.63, 3.8) is 0 Å². The summed E-state index contributed by atoms with van der Waals surface area (Å²) < 4.78 is 11.4. The summed E-state index contributed by atoms with van der Waals surface area (Å²) in [6.07, 6.45) is 3.20. The van der Waals surface area contributed by atoms with Gasteiger partial charge >= 0.3 is 0 Å². The van der Waals surface area contributed by atoms with Gasteiger partial charge in [0.2, 0.25) is 0 Å². The summed E-state index contributed by atoms with van der Waals surface area (Å²) in [6, 6.07) is 12.5. The molecular formula is C20H19N5O2. The van der Waals surface area contributed by atoms with E-state index in [-0.39, 0.29) is 6.10 Å². The fourth-order valence-corrected chi connectivity index (χ4v) is 3.60. The molecule has 1 atom stereocenters. The molecule has 136 valence electrons. The van der Waals surface area contributed by atoms with Crippen molar-refractivity contribution in [3.05, 3.63) is 54.6 Å². The number of hydrogen-bond acceptors (Lipinski definition) is 6. The molecule has 1 N–H and O–H groups in total. The topological polar surface area (TPSA) is 76.2 Å². The molecular weight excluding hydrogens is 342 g/mol. The first kappa shape index (κ1) is 16.0. The number of hydrogen-bond donors (Lipinski definition) is 1. The fraction of sp³-hybridized carbons (Fsp3) is 0.250. The lowest BCUT2D eigenvalue weighted by Gasteiger charge is -2.34. The Bertz CT molecular complexity index is 1110. The molecule has 4 aromatic rings. The molecule has 0 radical (unpaired) electrons. The van der Waals surface area contributed by atoms with Crippen molar-refractivity contribution in [2.75, 3.05) is 31.7 Å². The Morgan fingerprint density at radius 3 is 2.93 bits per heavy atom. The van der Waals surface area contributed by atoms with E-state index in [1.54, 1.807) is 19.8 Å². The molecule has 2 aromatic carbocycles. The highest BCUT2D eigenvalue weighted by molar-refractivity contribution is 5.85. The monoisotopic (exact) mass is 361 g/mol. The fourth-order valence-electron chi connectivity index (χ4n) is 3.60. The predicted octanol–water partition coefficient (Wildman–Crippen LogP) is 3.09. The maximum atomic E-state index is 6.07. The van der Waals surface area contributed by atoms with Crippen LogP contribution in [-0.4, -0.2) is 46.7 Å². The molecule has 0 saturated carbocycles. The Morgan fingerprint density at radius 1 is 1.11 bits per heavy atom. The van der Waals surface area contributed by atoms with Crippen LogP contribution < -0.4 is 9.64 Å². The van der Waals surface area contributed by atoms with Gasteiger partial charge in [-0.15, -0.1) is 0 Å². The molecule has 5 rings (SSSR count). The SMILES string of the molecule is COc1ccc2cc([C@@H]3CN(c4ncnc5nc[nH]c45)CCO3)ccc2c1. The maximum Gasteiger partial charge on any atom is 0.182 e. The summed E-state index contributed by atoms with van der Waals surface area (Å²) in [6.45, 7) is 2.16. The van der Waals surface area contributed by atoms with Crippen LogP contribution in [0.5, 0.6) is 5.75 Å². The average molecular weight is 361 g/mol. The average Bonchev–Trinajstić information content (AvgIpc) is 3.22. The standard InChI is InChI=1S/C20H19N5O2/c1-26-16-5-4-13-8-15(3-2-14(13)9-16)17-10-25(6-7-27-17)20-18-19(22-11-21-18)23-12-24-20/h2-5,8-9,11-12,17H,6-7,10H2,1H3,(H,21,22,23,24)/t17-/m0/s1. The summed E-state index contributed by atoms with van der Waals surface area (Å²) in [5.74, 6) is 1.74. The molecule has 3 heterocycles. The van der Waals surface area contributed by atoms with Crippen LogP contribution in [0.2, 0.25) is 0 Å². The van der Waals surface area contributed by atoms with Crippen LogP contribution in [0.4, 0.5) is 5.82 Å². The molecule has 0 amide bonds. The number of ether oxygens (including phenoxy) is 2. The Morgan fingerprint density at radius 2 is 2.00 bits per heavy atom. The van der Waals surface area contributed by atoms with Gasteiger partial charge in [-0.1, -0.05) is 18.2 Å². The lowest BCUT2D eigenvalue weighted by Crippen LogP contribution is -2.39. The molecule has 0 bridgehead atoms. The van der Waals surface area contributed by atoms with Gasteiger partial charge in [0.1, 0.15) is 23.7 Å².